The van der Waals surface area contributed by atoms with E-state index in [0.29, 0.717) is 28.6 Å². The van der Waals surface area contributed by atoms with Crippen LogP contribution in [0.3, 0.4) is 0 Å². The number of amides is 1. The molecular formula is C18H18BrClN2O2S. The maximum absolute atomic E-state index is 12.6. The van der Waals surface area contributed by atoms with Crippen molar-refractivity contribution in [3.05, 3.63) is 57.5 Å². The molecule has 0 aromatic heterocycles. The zero-order chi connectivity index (χ0) is 18.2. The lowest BCUT2D eigenvalue weighted by molar-refractivity contribution is 0.0973. The summed E-state index contributed by atoms with van der Waals surface area (Å²) in [7, 11) is 0. The first-order valence-corrected chi connectivity index (χ1v) is 9.37. The molecule has 0 spiro atoms. The highest BCUT2D eigenvalue weighted by molar-refractivity contribution is 9.10. The number of thiocarbonyl (C=S) groups is 1. The van der Waals surface area contributed by atoms with Crippen LogP contribution in [0.1, 0.15) is 30.1 Å². The third-order valence-electron chi connectivity index (χ3n) is 3.25. The van der Waals surface area contributed by atoms with Gasteiger partial charge in [-0.15, -0.1) is 0 Å². The molecule has 0 saturated carbocycles. The fourth-order valence-corrected chi connectivity index (χ4v) is 2.79. The summed E-state index contributed by atoms with van der Waals surface area (Å²) in [5.74, 6) is 0.187. The highest BCUT2D eigenvalue weighted by Crippen LogP contribution is 2.23. The van der Waals surface area contributed by atoms with E-state index in [4.69, 9.17) is 28.6 Å². The summed E-state index contributed by atoms with van der Waals surface area (Å²) in [5.41, 5.74) is 1.12. The van der Waals surface area contributed by atoms with Crippen molar-refractivity contribution in [2.75, 3.05) is 11.9 Å². The summed E-state index contributed by atoms with van der Waals surface area (Å²) in [5, 5.41) is 6.36. The molecular weight excluding hydrogens is 424 g/mol. The number of hydrogen-bond donors (Lipinski definition) is 2. The van der Waals surface area contributed by atoms with Gasteiger partial charge in [0.25, 0.3) is 5.91 Å². The summed E-state index contributed by atoms with van der Waals surface area (Å²) >= 11 is 14.5. The molecule has 7 heteroatoms. The lowest BCUT2D eigenvalue weighted by Crippen LogP contribution is -2.34. The molecule has 0 unspecified atom stereocenters. The van der Waals surface area contributed by atoms with Gasteiger partial charge < -0.3 is 10.1 Å². The Bertz CT molecular complexity index is 770. The smallest absolute Gasteiger partial charge is 0.261 e. The number of halogens is 2. The summed E-state index contributed by atoms with van der Waals surface area (Å²) in [6.45, 7) is 2.64. The number of ether oxygens (including phenoxy) is 1. The number of anilines is 1. The van der Waals surface area contributed by atoms with Crippen LogP contribution in [0, 0.1) is 0 Å². The van der Waals surface area contributed by atoms with Crippen molar-refractivity contribution < 1.29 is 9.53 Å². The molecule has 2 rings (SSSR count). The molecule has 2 aromatic rings. The third kappa shape index (κ3) is 6.30. The fourth-order valence-electron chi connectivity index (χ4n) is 2.03. The number of benzene rings is 2. The summed E-state index contributed by atoms with van der Waals surface area (Å²) in [6.07, 6.45) is 1.94. The number of carbonyl (C=O) groups is 1. The van der Waals surface area contributed by atoms with Crippen LogP contribution in [0.2, 0.25) is 5.02 Å². The van der Waals surface area contributed by atoms with Crippen molar-refractivity contribution in [3.8, 4) is 5.75 Å². The number of unbranched alkanes of at least 4 members (excludes halogenated alkanes) is 1. The predicted molar refractivity (Wildman–Crippen MR) is 110 cm³/mol. The van der Waals surface area contributed by atoms with E-state index in [-0.39, 0.29) is 11.0 Å². The van der Waals surface area contributed by atoms with Crippen LogP contribution in [0.4, 0.5) is 5.69 Å². The number of carbonyl (C=O) groups excluding carboxylic acids is 1. The van der Waals surface area contributed by atoms with E-state index >= 15 is 0 Å². The lowest BCUT2D eigenvalue weighted by Gasteiger charge is -2.13. The van der Waals surface area contributed by atoms with Gasteiger partial charge in [0.1, 0.15) is 5.75 Å². The van der Waals surface area contributed by atoms with Crippen molar-refractivity contribution >= 4 is 56.5 Å². The van der Waals surface area contributed by atoms with Crippen molar-refractivity contribution in [1.29, 1.82) is 0 Å². The van der Waals surface area contributed by atoms with E-state index in [1.807, 2.05) is 12.1 Å². The van der Waals surface area contributed by atoms with Gasteiger partial charge >= 0.3 is 0 Å². The number of nitrogens with one attached hydrogen (secondary N) is 2. The molecule has 1 amide bonds. The first-order valence-electron chi connectivity index (χ1n) is 7.80. The van der Waals surface area contributed by atoms with E-state index in [9.17, 15) is 4.79 Å². The maximum Gasteiger partial charge on any atom is 0.261 e. The second-order valence-electron chi connectivity index (χ2n) is 5.26. The molecule has 0 aliphatic carbocycles. The van der Waals surface area contributed by atoms with Crippen LogP contribution < -0.4 is 15.4 Å². The van der Waals surface area contributed by atoms with Crippen molar-refractivity contribution in [3.63, 3.8) is 0 Å². The molecule has 0 saturated heterocycles. The molecule has 0 bridgehead atoms. The first-order chi connectivity index (χ1) is 12.0. The van der Waals surface area contributed by atoms with Crippen LogP contribution >= 0.6 is 39.7 Å². The number of rotatable bonds is 6. The Labute approximate surface area is 166 Å². The van der Waals surface area contributed by atoms with Crippen LogP contribution in [-0.2, 0) is 0 Å². The van der Waals surface area contributed by atoms with Gasteiger partial charge in [-0.25, -0.2) is 0 Å². The normalized spacial score (nSPS) is 10.2. The lowest BCUT2D eigenvalue weighted by atomic mass is 10.2. The molecule has 0 heterocycles. The average Bonchev–Trinajstić information content (AvgIpc) is 2.56. The Kier molecular flexibility index (Phi) is 7.68. The van der Waals surface area contributed by atoms with Crippen LogP contribution in [0.15, 0.2) is 46.9 Å². The highest BCUT2D eigenvalue weighted by Gasteiger charge is 2.15. The Morgan fingerprint density at radius 1 is 1.28 bits per heavy atom. The molecule has 0 radical (unpaired) electrons. The largest absolute Gasteiger partial charge is 0.493 e. The second kappa shape index (κ2) is 9.75. The zero-order valence-electron chi connectivity index (χ0n) is 13.6. The minimum Gasteiger partial charge on any atom is -0.493 e. The van der Waals surface area contributed by atoms with E-state index in [1.165, 1.54) is 0 Å². The Balaban J connectivity index is 2.06. The van der Waals surface area contributed by atoms with Gasteiger partial charge in [-0.05, 0) is 55.0 Å². The molecule has 2 aromatic carbocycles. The molecule has 0 fully saturated rings. The molecule has 2 N–H and O–H groups in total. The Morgan fingerprint density at radius 2 is 2.08 bits per heavy atom. The summed E-state index contributed by atoms with van der Waals surface area (Å²) in [6, 6.07) is 12.4. The topological polar surface area (TPSA) is 50.4 Å². The van der Waals surface area contributed by atoms with Crippen molar-refractivity contribution in [2.24, 2.45) is 0 Å². The summed E-state index contributed by atoms with van der Waals surface area (Å²) in [4.78, 5) is 12.6. The highest BCUT2D eigenvalue weighted by atomic mass is 79.9. The van der Waals surface area contributed by atoms with Crippen molar-refractivity contribution in [2.45, 2.75) is 19.8 Å². The molecule has 0 atom stereocenters. The van der Waals surface area contributed by atoms with Gasteiger partial charge in [0.2, 0.25) is 0 Å². The van der Waals surface area contributed by atoms with Gasteiger partial charge in [0, 0.05) is 15.2 Å². The standard InChI is InChI=1S/C18H18BrClN2O2S/c1-2-3-9-24-16-8-7-12(19)10-15(16)17(23)22-18(25)21-14-6-4-5-13(20)11-14/h4-8,10-11H,2-3,9H2,1H3,(H2,21,22,23,25). The minimum atomic E-state index is -0.340. The summed E-state index contributed by atoms with van der Waals surface area (Å²) < 4.78 is 6.49. The van der Waals surface area contributed by atoms with E-state index in [1.54, 1.807) is 30.3 Å². The molecule has 0 aliphatic heterocycles. The SMILES string of the molecule is CCCCOc1ccc(Br)cc1C(=O)NC(=S)Nc1cccc(Cl)c1. The van der Waals surface area contributed by atoms with Crippen molar-refractivity contribution in [1.82, 2.24) is 5.32 Å². The predicted octanol–water partition coefficient (Wildman–Crippen LogP) is 5.41. The third-order valence-corrected chi connectivity index (χ3v) is 4.18. The van der Waals surface area contributed by atoms with Gasteiger partial charge in [-0.1, -0.05) is 46.9 Å². The van der Waals surface area contributed by atoms with Gasteiger partial charge in [-0.3, -0.25) is 10.1 Å². The van der Waals surface area contributed by atoms with E-state index in [0.717, 1.165) is 17.3 Å². The maximum atomic E-state index is 12.6. The molecule has 132 valence electrons. The minimum absolute atomic E-state index is 0.187. The fraction of sp³-hybridized carbons (Fsp3) is 0.222. The molecule has 25 heavy (non-hydrogen) atoms. The Hall–Kier alpha value is -1.63. The first kappa shape index (κ1) is 19.7. The monoisotopic (exact) mass is 440 g/mol. The zero-order valence-corrected chi connectivity index (χ0v) is 16.8. The molecule has 0 aliphatic rings. The molecule has 4 nitrogen and oxygen atoms in total. The number of hydrogen-bond acceptors (Lipinski definition) is 3. The van der Waals surface area contributed by atoms with Gasteiger partial charge in [0.15, 0.2) is 5.11 Å². The van der Waals surface area contributed by atoms with Crippen LogP contribution in [0.25, 0.3) is 0 Å². The Morgan fingerprint density at radius 3 is 2.80 bits per heavy atom. The van der Waals surface area contributed by atoms with Gasteiger partial charge in [-0.2, -0.15) is 0 Å². The van der Waals surface area contributed by atoms with Crippen LogP contribution in [0.5, 0.6) is 5.75 Å². The van der Waals surface area contributed by atoms with Crippen LogP contribution in [-0.4, -0.2) is 17.6 Å². The quantitative estimate of drug-likeness (QED) is 0.465. The van der Waals surface area contributed by atoms with E-state index in [2.05, 4.69) is 33.5 Å². The van der Waals surface area contributed by atoms with E-state index < -0.39 is 0 Å². The average molecular weight is 442 g/mol. The van der Waals surface area contributed by atoms with Gasteiger partial charge in [0.05, 0.1) is 12.2 Å². The second-order valence-corrected chi connectivity index (χ2v) is 7.02.